The average molecular weight is 442 g/mol. The molecule has 0 radical (unpaired) electrons. The molecule has 1 amide bonds. The SMILES string of the molecule is COc1ccc(NC(=O)CSc2nnc(-c3cccs3)n2-n2cccc2)cc1OC. The lowest BCUT2D eigenvalue weighted by atomic mass is 10.2. The van der Waals surface area contributed by atoms with Gasteiger partial charge in [0.15, 0.2) is 17.3 Å². The zero-order valence-electron chi connectivity index (χ0n) is 16.3. The Morgan fingerprint density at radius 3 is 2.60 bits per heavy atom. The molecule has 0 spiro atoms. The fraction of sp³-hybridized carbons (Fsp3) is 0.150. The van der Waals surface area contributed by atoms with Crippen molar-refractivity contribution in [3.63, 3.8) is 0 Å². The summed E-state index contributed by atoms with van der Waals surface area (Å²) in [6.07, 6.45) is 3.82. The molecule has 3 heterocycles. The van der Waals surface area contributed by atoms with Crippen molar-refractivity contribution >= 4 is 34.7 Å². The number of hydrogen-bond acceptors (Lipinski definition) is 7. The average Bonchev–Trinajstić information content (AvgIpc) is 3.53. The summed E-state index contributed by atoms with van der Waals surface area (Å²) < 4.78 is 14.3. The molecule has 30 heavy (non-hydrogen) atoms. The predicted molar refractivity (Wildman–Crippen MR) is 117 cm³/mol. The maximum Gasteiger partial charge on any atom is 0.234 e. The Hall–Kier alpha value is -3.24. The predicted octanol–water partition coefficient (Wildman–Crippen LogP) is 3.87. The van der Waals surface area contributed by atoms with Crippen molar-refractivity contribution in [2.75, 3.05) is 25.3 Å². The van der Waals surface area contributed by atoms with Gasteiger partial charge in [-0.2, -0.15) is 0 Å². The minimum Gasteiger partial charge on any atom is -0.493 e. The van der Waals surface area contributed by atoms with Crippen LogP contribution >= 0.6 is 23.1 Å². The number of ether oxygens (including phenoxy) is 2. The van der Waals surface area contributed by atoms with E-state index in [1.807, 2.05) is 51.4 Å². The van der Waals surface area contributed by atoms with Crippen molar-refractivity contribution in [2.45, 2.75) is 5.16 Å². The summed E-state index contributed by atoms with van der Waals surface area (Å²) in [5.41, 5.74) is 0.629. The summed E-state index contributed by atoms with van der Waals surface area (Å²) in [6.45, 7) is 0. The maximum absolute atomic E-state index is 12.5. The van der Waals surface area contributed by atoms with Crippen LogP contribution in [0.5, 0.6) is 11.5 Å². The first-order valence-corrected chi connectivity index (χ1v) is 10.8. The molecule has 0 aliphatic heterocycles. The number of aromatic nitrogens is 4. The van der Waals surface area contributed by atoms with Crippen molar-refractivity contribution in [2.24, 2.45) is 0 Å². The quantitative estimate of drug-likeness (QED) is 0.418. The Labute approximate surface area is 181 Å². The lowest BCUT2D eigenvalue weighted by Crippen LogP contribution is -2.16. The molecular formula is C20H19N5O3S2. The number of anilines is 1. The highest BCUT2D eigenvalue weighted by Crippen LogP contribution is 2.30. The van der Waals surface area contributed by atoms with Crippen LogP contribution in [0, 0.1) is 0 Å². The molecule has 4 rings (SSSR count). The van der Waals surface area contributed by atoms with Gasteiger partial charge in [0.05, 0.1) is 24.8 Å². The zero-order chi connectivity index (χ0) is 20.9. The summed E-state index contributed by atoms with van der Waals surface area (Å²) in [5, 5.41) is 14.1. The lowest BCUT2D eigenvalue weighted by Gasteiger charge is -2.11. The van der Waals surface area contributed by atoms with Crippen molar-refractivity contribution in [1.82, 2.24) is 19.5 Å². The molecule has 0 bridgehead atoms. The van der Waals surface area contributed by atoms with Crippen LogP contribution in [0.2, 0.25) is 0 Å². The Balaban J connectivity index is 1.49. The molecule has 1 N–H and O–H groups in total. The number of methoxy groups -OCH3 is 2. The number of benzene rings is 1. The molecular weight excluding hydrogens is 422 g/mol. The standard InChI is InChI=1S/C20H19N5O3S2/c1-27-15-8-7-14(12-16(15)28-2)21-18(26)13-30-20-23-22-19(17-6-5-11-29-17)25(20)24-9-3-4-10-24/h3-12H,13H2,1-2H3,(H,21,26). The number of nitrogens with zero attached hydrogens (tertiary/aromatic N) is 4. The number of amides is 1. The van der Waals surface area contributed by atoms with Crippen LogP contribution in [-0.2, 0) is 4.79 Å². The Morgan fingerprint density at radius 1 is 1.10 bits per heavy atom. The van der Waals surface area contributed by atoms with Crippen LogP contribution in [0.4, 0.5) is 5.69 Å². The number of hydrogen-bond donors (Lipinski definition) is 1. The monoisotopic (exact) mass is 441 g/mol. The number of carbonyl (C=O) groups excluding carboxylic acids is 1. The largest absolute Gasteiger partial charge is 0.493 e. The van der Waals surface area contributed by atoms with Gasteiger partial charge >= 0.3 is 0 Å². The van der Waals surface area contributed by atoms with Gasteiger partial charge in [-0.3, -0.25) is 9.47 Å². The zero-order valence-corrected chi connectivity index (χ0v) is 17.9. The maximum atomic E-state index is 12.5. The summed E-state index contributed by atoms with van der Waals surface area (Å²) in [4.78, 5) is 13.5. The first kappa shape index (κ1) is 20.0. The first-order valence-electron chi connectivity index (χ1n) is 8.97. The fourth-order valence-electron chi connectivity index (χ4n) is 2.82. The number of rotatable bonds is 8. The third-order valence-electron chi connectivity index (χ3n) is 4.17. The van der Waals surface area contributed by atoms with Crippen molar-refractivity contribution in [3.8, 4) is 22.2 Å². The fourth-order valence-corrected chi connectivity index (χ4v) is 4.25. The Morgan fingerprint density at radius 2 is 1.90 bits per heavy atom. The molecule has 0 saturated heterocycles. The van der Waals surface area contributed by atoms with E-state index in [1.165, 1.54) is 11.8 Å². The Bertz CT molecular complexity index is 1120. The minimum atomic E-state index is -0.160. The number of thiophene rings is 1. The van der Waals surface area contributed by atoms with E-state index < -0.39 is 0 Å². The molecule has 0 fully saturated rings. The molecule has 10 heteroatoms. The smallest absolute Gasteiger partial charge is 0.234 e. The molecule has 0 unspecified atom stereocenters. The highest BCUT2D eigenvalue weighted by Gasteiger charge is 2.18. The van der Waals surface area contributed by atoms with Gasteiger partial charge in [-0.1, -0.05) is 17.8 Å². The van der Waals surface area contributed by atoms with Crippen LogP contribution in [0.3, 0.4) is 0 Å². The van der Waals surface area contributed by atoms with Crippen molar-refractivity contribution in [3.05, 3.63) is 60.2 Å². The minimum absolute atomic E-state index is 0.160. The number of carbonyl (C=O) groups is 1. The summed E-state index contributed by atoms with van der Waals surface area (Å²) in [6, 6.07) is 13.1. The van der Waals surface area contributed by atoms with Crippen LogP contribution in [0.25, 0.3) is 10.7 Å². The van der Waals surface area contributed by atoms with Crippen LogP contribution in [0.15, 0.2) is 65.4 Å². The first-order chi connectivity index (χ1) is 14.7. The molecule has 3 aromatic heterocycles. The van der Waals surface area contributed by atoms with Gasteiger partial charge in [-0.15, -0.1) is 21.5 Å². The van der Waals surface area contributed by atoms with E-state index in [4.69, 9.17) is 9.47 Å². The van der Waals surface area contributed by atoms with E-state index in [-0.39, 0.29) is 11.7 Å². The van der Waals surface area contributed by atoms with E-state index in [0.29, 0.717) is 22.3 Å². The van der Waals surface area contributed by atoms with Gasteiger partial charge < -0.3 is 14.8 Å². The van der Waals surface area contributed by atoms with Gasteiger partial charge in [0.2, 0.25) is 11.1 Å². The molecule has 8 nitrogen and oxygen atoms in total. The second-order valence-corrected chi connectivity index (χ2v) is 7.96. The van der Waals surface area contributed by atoms with Crippen LogP contribution in [0.1, 0.15) is 0 Å². The van der Waals surface area contributed by atoms with Gasteiger partial charge in [-0.05, 0) is 35.7 Å². The van der Waals surface area contributed by atoms with E-state index in [0.717, 1.165) is 10.7 Å². The van der Waals surface area contributed by atoms with E-state index in [2.05, 4.69) is 15.5 Å². The topological polar surface area (TPSA) is 83.2 Å². The third-order valence-corrected chi connectivity index (χ3v) is 5.96. The molecule has 1 aromatic carbocycles. The molecule has 0 saturated carbocycles. The number of nitrogens with one attached hydrogen (secondary N) is 1. The number of thioether (sulfide) groups is 1. The van der Waals surface area contributed by atoms with Crippen molar-refractivity contribution < 1.29 is 14.3 Å². The second-order valence-electron chi connectivity index (χ2n) is 6.06. The second kappa shape index (κ2) is 9.06. The van der Waals surface area contributed by atoms with Crippen LogP contribution in [-0.4, -0.2) is 45.4 Å². The third kappa shape index (κ3) is 4.19. The van der Waals surface area contributed by atoms with Gasteiger partial charge in [-0.25, -0.2) is 4.68 Å². The van der Waals surface area contributed by atoms with E-state index in [1.54, 1.807) is 43.8 Å². The van der Waals surface area contributed by atoms with Crippen molar-refractivity contribution in [1.29, 1.82) is 0 Å². The molecule has 0 aliphatic rings. The molecule has 154 valence electrons. The summed E-state index contributed by atoms with van der Waals surface area (Å²) in [5.74, 6) is 1.90. The highest BCUT2D eigenvalue weighted by atomic mass is 32.2. The van der Waals surface area contributed by atoms with E-state index in [9.17, 15) is 4.79 Å². The summed E-state index contributed by atoms with van der Waals surface area (Å²) in [7, 11) is 3.12. The molecule has 0 aliphatic carbocycles. The Kier molecular flexibility index (Phi) is 6.05. The van der Waals surface area contributed by atoms with Gasteiger partial charge in [0.25, 0.3) is 0 Å². The highest BCUT2D eigenvalue weighted by molar-refractivity contribution is 7.99. The lowest BCUT2D eigenvalue weighted by molar-refractivity contribution is -0.113. The molecule has 4 aromatic rings. The summed E-state index contributed by atoms with van der Waals surface area (Å²) >= 11 is 2.90. The molecule has 0 atom stereocenters. The van der Waals surface area contributed by atoms with Gasteiger partial charge in [0.1, 0.15) is 0 Å². The van der Waals surface area contributed by atoms with Crippen LogP contribution < -0.4 is 14.8 Å². The normalized spacial score (nSPS) is 10.7. The van der Waals surface area contributed by atoms with E-state index >= 15 is 0 Å². The van der Waals surface area contributed by atoms with Gasteiger partial charge in [0, 0.05) is 24.1 Å².